The molecule has 0 bridgehead atoms. The summed E-state index contributed by atoms with van der Waals surface area (Å²) in [5.74, 6) is -0.247. The van der Waals surface area contributed by atoms with Crippen LogP contribution in [0.25, 0.3) is 0 Å². The summed E-state index contributed by atoms with van der Waals surface area (Å²) in [6.07, 6.45) is 0. The summed E-state index contributed by atoms with van der Waals surface area (Å²) in [7, 11) is 0. The minimum atomic E-state index is -0.247. The second kappa shape index (κ2) is 5.72. The predicted molar refractivity (Wildman–Crippen MR) is 77.6 cm³/mol. The van der Waals surface area contributed by atoms with E-state index in [2.05, 4.69) is 21.2 Å². The molecule has 0 fully saturated rings. The van der Waals surface area contributed by atoms with Crippen molar-refractivity contribution in [3.05, 3.63) is 62.8 Å². The van der Waals surface area contributed by atoms with Gasteiger partial charge in [0, 0.05) is 21.7 Å². The molecule has 0 aliphatic heterocycles. The van der Waals surface area contributed by atoms with Crippen LogP contribution in [0.4, 0.5) is 10.1 Å². The first-order valence-electron chi connectivity index (χ1n) is 5.50. The monoisotopic (exact) mass is 327 g/mol. The summed E-state index contributed by atoms with van der Waals surface area (Å²) in [6.45, 7) is 2.49. The maximum Gasteiger partial charge on any atom is 0.125 e. The van der Waals surface area contributed by atoms with Crippen molar-refractivity contribution in [1.82, 2.24) is 0 Å². The molecule has 2 aromatic carbocycles. The van der Waals surface area contributed by atoms with E-state index in [1.165, 1.54) is 12.1 Å². The van der Waals surface area contributed by atoms with Crippen LogP contribution in [0.3, 0.4) is 0 Å². The smallest absolute Gasteiger partial charge is 0.125 e. The van der Waals surface area contributed by atoms with E-state index in [1.54, 1.807) is 6.07 Å². The Bertz CT molecular complexity index is 520. The van der Waals surface area contributed by atoms with Crippen LogP contribution in [-0.2, 0) is 6.54 Å². The van der Waals surface area contributed by atoms with E-state index in [1.807, 2.05) is 25.1 Å². The second-order valence-electron chi connectivity index (χ2n) is 4.05. The first-order valence-corrected chi connectivity index (χ1v) is 6.67. The lowest BCUT2D eigenvalue weighted by Gasteiger charge is -2.11. The summed E-state index contributed by atoms with van der Waals surface area (Å²) in [5, 5.41) is 3.89. The average molecular weight is 329 g/mol. The van der Waals surface area contributed by atoms with Gasteiger partial charge >= 0.3 is 0 Å². The molecule has 18 heavy (non-hydrogen) atoms. The van der Waals surface area contributed by atoms with Gasteiger partial charge in [-0.3, -0.25) is 0 Å². The molecule has 0 heterocycles. The van der Waals surface area contributed by atoms with Crippen LogP contribution >= 0.6 is 27.5 Å². The zero-order valence-electron chi connectivity index (χ0n) is 9.81. The van der Waals surface area contributed by atoms with Gasteiger partial charge < -0.3 is 5.32 Å². The fourth-order valence-corrected chi connectivity index (χ4v) is 2.25. The number of benzene rings is 2. The normalized spacial score (nSPS) is 10.4. The highest BCUT2D eigenvalue weighted by atomic mass is 79.9. The lowest BCUT2D eigenvalue weighted by Crippen LogP contribution is -2.02. The van der Waals surface area contributed by atoms with Crippen LogP contribution in [0, 0.1) is 12.7 Å². The first-order chi connectivity index (χ1) is 8.56. The Morgan fingerprint density at radius 2 is 2.00 bits per heavy atom. The largest absolute Gasteiger partial charge is 0.381 e. The molecule has 0 radical (unpaired) electrons. The van der Waals surface area contributed by atoms with Gasteiger partial charge in [-0.25, -0.2) is 4.39 Å². The van der Waals surface area contributed by atoms with Gasteiger partial charge in [-0.05, 0) is 48.4 Å². The molecule has 0 aliphatic carbocycles. The molecule has 94 valence electrons. The Labute approximate surface area is 119 Å². The average Bonchev–Trinajstić information content (AvgIpc) is 2.34. The topological polar surface area (TPSA) is 12.0 Å². The Kier molecular flexibility index (Phi) is 4.25. The van der Waals surface area contributed by atoms with E-state index in [4.69, 9.17) is 11.6 Å². The highest BCUT2D eigenvalue weighted by molar-refractivity contribution is 9.10. The van der Waals surface area contributed by atoms with Gasteiger partial charge in [0.25, 0.3) is 0 Å². The van der Waals surface area contributed by atoms with Crippen LogP contribution in [0.2, 0.25) is 5.02 Å². The summed E-state index contributed by atoms with van der Waals surface area (Å²) in [4.78, 5) is 0. The van der Waals surface area contributed by atoms with E-state index in [0.29, 0.717) is 11.6 Å². The van der Waals surface area contributed by atoms with Crippen molar-refractivity contribution in [3.8, 4) is 0 Å². The van der Waals surface area contributed by atoms with Gasteiger partial charge in [0.1, 0.15) is 5.82 Å². The first kappa shape index (κ1) is 13.4. The van der Waals surface area contributed by atoms with Crippen LogP contribution in [0.15, 0.2) is 40.9 Å². The quantitative estimate of drug-likeness (QED) is 0.820. The van der Waals surface area contributed by atoms with Gasteiger partial charge in [-0.15, -0.1) is 0 Å². The van der Waals surface area contributed by atoms with Crippen molar-refractivity contribution in [1.29, 1.82) is 0 Å². The molecule has 0 unspecified atom stereocenters. The lowest BCUT2D eigenvalue weighted by atomic mass is 10.1. The number of hydrogen-bond donors (Lipinski definition) is 1. The van der Waals surface area contributed by atoms with Gasteiger partial charge in [-0.1, -0.05) is 33.6 Å². The van der Waals surface area contributed by atoms with Crippen molar-refractivity contribution < 1.29 is 4.39 Å². The maximum absolute atomic E-state index is 13.1. The van der Waals surface area contributed by atoms with Gasteiger partial charge in [0.2, 0.25) is 0 Å². The van der Waals surface area contributed by atoms with Crippen LogP contribution in [0.5, 0.6) is 0 Å². The van der Waals surface area contributed by atoms with E-state index in [-0.39, 0.29) is 5.82 Å². The summed E-state index contributed by atoms with van der Waals surface area (Å²) < 4.78 is 14.1. The van der Waals surface area contributed by atoms with E-state index < -0.39 is 0 Å². The minimum absolute atomic E-state index is 0.247. The number of nitrogens with one attached hydrogen (secondary N) is 1. The highest BCUT2D eigenvalue weighted by Gasteiger charge is 2.03. The number of rotatable bonds is 3. The van der Waals surface area contributed by atoms with Gasteiger partial charge in [0.15, 0.2) is 0 Å². The molecular formula is C14H12BrClFN. The SMILES string of the molecule is Cc1ccc(F)cc1NCc1cc(Br)ccc1Cl. The van der Waals surface area contributed by atoms with E-state index >= 15 is 0 Å². The molecule has 0 saturated carbocycles. The van der Waals surface area contributed by atoms with Crippen molar-refractivity contribution in [3.63, 3.8) is 0 Å². The van der Waals surface area contributed by atoms with E-state index in [9.17, 15) is 4.39 Å². The Morgan fingerprint density at radius 1 is 1.22 bits per heavy atom. The molecule has 2 aromatic rings. The highest BCUT2D eigenvalue weighted by Crippen LogP contribution is 2.23. The van der Waals surface area contributed by atoms with Crippen molar-refractivity contribution in [2.75, 3.05) is 5.32 Å². The number of halogens is 3. The molecule has 0 atom stereocenters. The molecular weight excluding hydrogens is 317 g/mol. The molecule has 4 heteroatoms. The molecule has 0 amide bonds. The molecule has 1 nitrogen and oxygen atoms in total. The predicted octanol–water partition coefficient (Wildman–Crippen LogP) is 5.16. The summed E-state index contributed by atoms with van der Waals surface area (Å²) in [6, 6.07) is 10.4. The molecule has 0 saturated heterocycles. The van der Waals surface area contributed by atoms with E-state index in [0.717, 1.165) is 21.3 Å². The molecule has 0 aliphatic rings. The lowest BCUT2D eigenvalue weighted by molar-refractivity contribution is 0.628. The summed E-state index contributed by atoms with van der Waals surface area (Å²) >= 11 is 9.50. The Morgan fingerprint density at radius 3 is 2.78 bits per heavy atom. The molecule has 1 N–H and O–H groups in total. The van der Waals surface area contributed by atoms with Crippen LogP contribution < -0.4 is 5.32 Å². The molecule has 0 spiro atoms. The molecule has 0 aromatic heterocycles. The Balaban J connectivity index is 2.16. The Hall–Kier alpha value is -1.06. The zero-order valence-corrected chi connectivity index (χ0v) is 12.1. The van der Waals surface area contributed by atoms with Gasteiger partial charge in [0.05, 0.1) is 0 Å². The second-order valence-corrected chi connectivity index (χ2v) is 5.37. The van der Waals surface area contributed by atoms with Crippen molar-refractivity contribution >= 4 is 33.2 Å². The third-order valence-electron chi connectivity index (χ3n) is 2.68. The maximum atomic E-state index is 13.1. The van der Waals surface area contributed by atoms with Crippen molar-refractivity contribution in [2.45, 2.75) is 13.5 Å². The standard InChI is InChI=1S/C14H12BrClFN/c1-9-2-4-12(17)7-14(9)18-8-10-6-11(15)3-5-13(10)16/h2-7,18H,8H2,1H3. The number of aryl methyl sites for hydroxylation is 1. The third-order valence-corrected chi connectivity index (χ3v) is 3.54. The summed E-state index contributed by atoms with van der Waals surface area (Å²) in [5.41, 5.74) is 2.75. The van der Waals surface area contributed by atoms with Gasteiger partial charge in [-0.2, -0.15) is 0 Å². The van der Waals surface area contributed by atoms with Crippen LogP contribution in [-0.4, -0.2) is 0 Å². The third kappa shape index (κ3) is 3.24. The van der Waals surface area contributed by atoms with Crippen molar-refractivity contribution in [2.24, 2.45) is 0 Å². The zero-order chi connectivity index (χ0) is 13.1. The molecule has 2 rings (SSSR count). The number of anilines is 1. The fourth-order valence-electron chi connectivity index (χ4n) is 1.65. The minimum Gasteiger partial charge on any atom is -0.381 e. The number of hydrogen-bond acceptors (Lipinski definition) is 1. The van der Waals surface area contributed by atoms with Crippen LogP contribution in [0.1, 0.15) is 11.1 Å². The fraction of sp³-hybridized carbons (Fsp3) is 0.143.